The Bertz CT molecular complexity index is 1090. The van der Waals surface area contributed by atoms with Crippen molar-refractivity contribution >= 4 is 28.2 Å². The number of hydrogen-bond donors (Lipinski definition) is 1. The third-order valence-corrected chi connectivity index (χ3v) is 3.81. The summed E-state index contributed by atoms with van der Waals surface area (Å²) in [5.74, 6) is -1.05. The van der Waals surface area contributed by atoms with Gasteiger partial charge in [-0.1, -0.05) is 6.07 Å². The molecule has 1 amide bonds. The van der Waals surface area contributed by atoms with E-state index in [9.17, 15) is 24.1 Å². The molecule has 0 saturated carbocycles. The molecule has 1 N–H and O–H groups in total. The Morgan fingerprint density at radius 2 is 2.08 bits per heavy atom. The Morgan fingerprint density at radius 1 is 1.31 bits per heavy atom. The SMILES string of the molecule is Cc1ccc(F)cc1NC(=O)Cn1cnc2ccc([N+](=O)[O-])cc2c1=O. The topological polar surface area (TPSA) is 107 Å². The van der Waals surface area contributed by atoms with Crippen LogP contribution in [0.1, 0.15) is 5.56 Å². The largest absolute Gasteiger partial charge is 0.324 e. The van der Waals surface area contributed by atoms with Gasteiger partial charge in [0.2, 0.25) is 5.91 Å². The van der Waals surface area contributed by atoms with E-state index < -0.39 is 22.2 Å². The van der Waals surface area contributed by atoms with Gasteiger partial charge in [-0.25, -0.2) is 9.37 Å². The zero-order chi connectivity index (χ0) is 18.8. The first-order valence-electron chi connectivity index (χ1n) is 7.55. The molecule has 1 aromatic heterocycles. The third-order valence-electron chi connectivity index (χ3n) is 3.81. The number of aromatic nitrogens is 2. The summed E-state index contributed by atoms with van der Waals surface area (Å²) in [4.78, 5) is 38.9. The average molecular weight is 356 g/mol. The summed E-state index contributed by atoms with van der Waals surface area (Å²) >= 11 is 0. The lowest BCUT2D eigenvalue weighted by atomic mass is 10.2. The lowest BCUT2D eigenvalue weighted by Gasteiger charge is -2.10. The van der Waals surface area contributed by atoms with Crippen molar-refractivity contribution in [2.45, 2.75) is 13.5 Å². The van der Waals surface area contributed by atoms with Crippen LogP contribution in [0.5, 0.6) is 0 Å². The van der Waals surface area contributed by atoms with Gasteiger partial charge in [0.15, 0.2) is 0 Å². The van der Waals surface area contributed by atoms with Crippen LogP contribution in [0.4, 0.5) is 15.8 Å². The van der Waals surface area contributed by atoms with E-state index in [-0.39, 0.29) is 17.6 Å². The highest BCUT2D eigenvalue weighted by Gasteiger charge is 2.13. The molecular weight excluding hydrogens is 343 g/mol. The van der Waals surface area contributed by atoms with E-state index in [1.165, 1.54) is 36.7 Å². The summed E-state index contributed by atoms with van der Waals surface area (Å²) in [6, 6.07) is 7.71. The van der Waals surface area contributed by atoms with Crippen molar-refractivity contribution in [1.29, 1.82) is 0 Å². The molecule has 0 aliphatic rings. The second-order valence-electron chi connectivity index (χ2n) is 5.64. The van der Waals surface area contributed by atoms with Gasteiger partial charge in [0.05, 0.1) is 22.2 Å². The third kappa shape index (κ3) is 3.41. The molecular formula is C17H13FN4O4. The number of nitrogens with one attached hydrogen (secondary N) is 1. The molecule has 2 aromatic carbocycles. The van der Waals surface area contributed by atoms with E-state index in [1.54, 1.807) is 6.92 Å². The number of benzene rings is 2. The monoisotopic (exact) mass is 356 g/mol. The molecule has 0 atom stereocenters. The van der Waals surface area contributed by atoms with Crippen LogP contribution < -0.4 is 10.9 Å². The first-order chi connectivity index (χ1) is 12.3. The van der Waals surface area contributed by atoms with Crippen LogP contribution in [0.25, 0.3) is 10.9 Å². The van der Waals surface area contributed by atoms with Gasteiger partial charge in [0, 0.05) is 17.8 Å². The van der Waals surface area contributed by atoms with Gasteiger partial charge >= 0.3 is 0 Å². The molecule has 0 saturated heterocycles. The second kappa shape index (κ2) is 6.71. The number of amides is 1. The Hall–Kier alpha value is -3.62. The molecule has 3 rings (SSSR count). The number of halogens is 1. The zero-order valence-electron chi connectivity index (χ0n) is 13.6. The minimum atomic E-state index is -0.615. The van der Waals surface area contributed by atoms with E-state index >= 15 is 0 Å². The molecule has 26 heavy (non-hydrogen) atoms. The van der Waals surface area contributed by atoms with Crippen molar-refractivity contribution in [1.82, 2.24) is 9.55 Å². The van der Waals surface area contributed by atoms with Gasteiger partial charge < -0.3 is 5.32 Å². The van der Waals surface area contributed by atoms with E-state index in [0.29, 0.717) is 16.8 Å². The van der Waals surface area contributed by atoms with Crippen molar-refractivity contribution in [3.63, 3.8) is 0 Å². The standard InChI is InChI=1S/C17H13FN4O4/c1-10-2-3-11(18)6-15(10)20-16(23)8-21-9-19-14-5-4-12(22(25)26)7-13(14)17(21)24/h2-7,9H,8H2,1H3,(H,20,23). The number of aryl methyl sites for hydroxylation is 1. The molecule has 3 aromatic rings. The number of anilines is 1. The zero-order valence-corrected chi connectivity index (χ0v) is 13.6. The molecule has 0 spiro atoms. The number of non-ortho nitro benzene ring substituents is 1. The van der Waals surface area contributed by atoms with Crippen LogP contribution in [0.3, 0.4) is 0 Å². The van der Waals surface area contributed by atoms with Gasteiger partial charge in [-0.3, -0.25) is 24.3 Å². The first-order valence-corrected chi connectivity index (χ1v) is 7.55. The maximum absolute atomic E-state index is 13.3. The maximum atomic E-state index is 13.3. The molecule has 0 bridgehead atoms. The Morgan fingerprint density at radius 3 is 2.81 bits per heavy atom. The van der Waals surface area contributed by atoms with Gasteiger partial charge in [-0.05, 0) is 30.7 Å². The van der Waals surface area contributed by atoms with E-state index in [2.05, 4.69) is 10.3 Å². The molecule has 132 valence electrons. The van der Waals surface area contributed by atoms with E-state index in [0.717, 1.165) is 10.6 Å². The van der Waals surface area contributed by atoms with Crippen molar-refractivity contribution in [2.75, 3.05) is 5.32 Å². The van der Waals surface area contributed by atoms with Gasteiger partial charge in [-0.15, -0.1) is 0 Å². The normalized spacial score (nSPS) is 10.7. The Kier molecular flexibility index (Phi) is 4.44. The van der Waals surface area contributed by atoms with Crippen LogP contribution in [0.15, 0.2) is 47.5 Å². The van der Waals surface area contributed by atoms with Crippen molar-refractivity contribution < 1.29 is 14.1 Å². The summed E-state index contributed by atoms with van der Waals surface area (Å²) in [6.07, 6.45) is 1.19. The number of rotatable bonds is 4. The van der Waals surface area contributed by atoms with Crippen molar-refractivity contribution in [3.8, 4) is 0 Å². The summed E-state index contributed by atoms with van der Waals surface area (Å²) in [6.45, 7) is 1.35. The second-order valence-corrected chi connectivity index (χ2v) is 5.64. The fourth-order valence-corrected chi connectivity index (χ4v) is 2.45. The van der Waals surface area contributed by atoms with Crippen LogP contribution in [-0.2, 0) is 11.3 Å². The molecule has 0 aliphatic heterocycles. The predicted octanol–water partition coefficient (Wildman–Crippen LogP) is 2.39. The number of nitrogens with zero attached hydrogens (tertiary/aromatic N) is 3. The van der Waals surface area contributed by atoms with E-state index in [4.69, 9.17) is 0 Å². The molecule has 0 unspecified atom stereocenters. The van der Waals surface area contributed by atoms with E-state index in [1.807, 2.05) is 0 Å². The summed E-state index contributed by atoms with van der Waals surface area (Å²) in [7, 11) is 0. The molecule has 0 fully saturated rings. The van der Waals surface area contributed by atoms with Gasteiger partial charge in [-0.2, -0.15) is 0 Å². The Labute approximate surface area is 146 Å². The van der Waals surface area contributed by atoms with Crippen LogP contribution in [0, 0.1) is 22.9 Å². The average Bonchev–Trinajstić information content (AvgIpc) is 2.60. The molecule has 9 heteroatoms. The summed E-state index contributed by atoms with van der Waals surface area (Å²) in [5.41, 5.74) is 0.434. The van der Waals surface area contributed by atoms with Crippen molar-refractivity contribution in [2.24, 2.45) is 0 Å². The number of carbonyl (C=O) groups is 1. The number of nitro benzene ring substituents is 1. The highest BCUT2D eigenvalue weighted by Crippen LogP contribution is 2.17. The summed E-state index contributed by atoms with van der Waals surface area (Å²) in [5, 5.41) is 13.4. The number of hydrogen-bond acceptors (Lipinski definition) is 5. The number of nitro groups is 1. The minimum absolute atomic E-state index is 0.0384. The first kappa shape index (κ1) is 17.2. The molecule has 0 radical (unpaired) electrons. The molecule has 0 aliphatic carbocycles. The predicted molar refractivity (Wildman–Crippen MR) is 92.4 cm³/mol. The minimum Gasteiger partial charge on any atom is -0.324 e. The van der Waals surface area contributed by atoms with Crippen LogP contribution in [-0.4, -0.2) is 20.4 Å². The van der Waals surface area contributed by atoms with Gasteiger partial charge in [0.25, 0.3) is 11.2 Å². The smallest absolute Gasteiger partial charge is 0.270 e. The van der Waals surface area contributed by atoms with Crippen molar-refractivity contribution in [3.05, 3.63) is 74.6 Å². The maximum Gasteiger partial charge on any atom is 0.270 e. The lowest BCUT2D eigenvalue weighted by Crippen LogP contribution is -2.28. The highest BCUT2D eigenvalue weighted by atomic mass is 19.1. The fourth-order valence-electron chi connectivity index (χ4n) is 2.45. The summed E-state index contributed by atoms with van der Waals surface area (Å²) < 4.78 is 14.3. The molecule has 8 nitrogen and oxygen atoms in total. The van der Waals surface area contributed by atoms with Crippen LogP contribution >= 0.6 is 0 Å². The lowest BCUT2D eigenvalue weighted by molar-refractivity contribution is -0.384. The van der Waals surface area contributed by atoms with Gasteiger partial charge in [0.1, 0.15) is 12.4 Å². The molecule has 1 heterocycles. The fraction of sp³-hybridized carbons (Fsp3) is 0.118. The number of carbonyl (C=O) groups excluding carboxylic acids is 1. The number of fused-ring (bicyclic) bond motifs is 1. The quantitative estimate of drug-likeness (QED) is 0.570. The van der Waals surface area contributed by atoms with Crippen LogP contribution in [0.2, 0.25) is 0 Å². The highest BCUT2D eigenvalue weighted by molar-refractivity contribution is 5.91. The Balaban J connectivity index is 1.89.